The van der Waals surface area contributed by atoms with E-state index in [9.17, 15) is 0 Å². The monoisotopic (exact) mass is 260 g/mol. The highest BCUT2D eigenvalue weighted by Gasteiger charge is 2.30. The lowest BCUT2D eigenvalue weighted by atomic mass is 9.99. The number of piperazine rings is 1. The average Bonchev–Trinajstić information content (AvgIpc) is 2.49. The molecule has 0 aliphatic carbocycles. The van der Waals surface area contributed by atoms with Gasteiger partial charge in [0.1, 0.15) is 0 Å². The maximum atomic E-state index is 5.49. The molecule has 2 saturated heterocycles. The molecule has 3 nitrogen and oxygen atoms in total. The third kappa shape index (κ3) is 2.99. The van der Waals surface area contributed by atoms with Gasteiger partial charge in [0.05, 0.1) is 0 Å². The molecule has 1 atom stereocenters. The minimum Gasteiger partial charge on any atom is -0.381 e. The fraction of sp³-hybridized carbons (Fsp3) is 0.625. The summed E-state index contributed by atoms with van der Waals surface area (Å²) in [4.78, 5) is 5.17. The van der Waals surface area contributed by atoms with Gasteiger partial charge in [-0.15, -0.1) is 0 Å². The van der Waals surface area contributed by atoms with Gasteiger partial charge in [0.15, 0.2) is 0 Å². The van der Waals surface area contributed by atoms with Gasteiger partial charge >= 0.3 is 0 Å². The first-order chi connectivity index (χ1) is 9.34. The van der Waals surface area contributed by atoms with Crippen LogP contribution >= 0.6 is 0 Å². The topological polar surface area (TPSA) is 15.7 Å². The predicted molar refractivity (Wildman–Crippen MR) is 77.2 cm³/mol. The van der Waals surface area contributed by atoms with Crippen LogP contribution in [0.25, 0.3) is 0 Å². The standard InChI is InChI=1S/C16H24N2O/c1-17-9-10-18(15-7-11-19-12-8-15)13-16(17)14-5-3-2-4-6-14/h2-6,15-16H,7-13H2,1H3/t16-/m1/s1. The molecule has 104 valence electrons. The molecule has 1 aromatic rings. The Morgan fingerprint density at radius 1 is 1.05 bits per heavy atom. The first kappa shape index (κ1) is 13.1. The van der Waals surface area contributed by atoms with Crippen LogP contribution in [0.3, 0.4) is 0 Å². The maximum absolute atomic E-state index is 5.49. The zero-order valence-electron chi connectivity index (χ0n) is 11.8. The van der Waals surface area contributed by atoms with Gasteiger partial charge in [0.25, 0.3) is 0 Å². The van der Waals surface area contributed by atoms with Crippen molar-refractivity contribution in [2.24, 2.45) is 0 Å². The van der Waals surface area contributed by atoms with Crippen molar-refractivity contribution in [3.63, 3.8) is 0 Å². The van der Waals surface area contributed by atoms with E-state index in [1.807, 2.05) is 0 Å². The van der Waals surface area contributed by atoms with Crippen molar-refractivity contribution >= 4 is 0 Å². The quantitative estimate of drug-likeness (QED) is 0.810. The van der Waals surface area contributed by atoms with Gasteiger partial charge in [-0.1, -0.05) is 30.3 Å². The molecule has 2 aliphatic rings. The van der Waals surface area contributed by atoms with Crippen LogP contribution in [-0.2, 0) is 4.74 Å². The van der Waals surface area contributed by atoms with Crippen molar-refractivity contribution in [2.75, 3.05) is 39.9 Å². The Kier molecular flexibility index (Phi) is 4.16. The SMILES string of the molecule is CN1CCN(C2CCOCC2)C[C@@H]1c1ccccc1. The Morgan fingerprint density at radius 3 is 2.53 bits per heavy atom. The fourth-order valence-electron chi connectivity index (χ4n) is 3.31. The average molecular weight is 260 g/mol. The third-order valence-electron chi connectivity index (χ3n) is 4.57. The molecule has 3 heteroatoms. The molecule has 0 N–H and O–H groups in total. The van der Waals surface area contributed by atoms with Crippen molar-refractivity contribution in [1.82, 2.24) is 9.80 Å². The third-order valence-corrected chi connectivity index (χ3v) is 4.57. The molecule has 0 radical (unpaired) electrons. The van der Waals surface area contributed by atoms with E-state index in [0.29, 0.717) is 6.04 Å². The van der Waals surface area contributed by atoms with E-state index in [-0.39, 0.29) is 0 Å². The van der Waals surface area contributed by atoms with Crippen LogP contribution in [0.1, 0.15) is 24.4 Å². The highest BCUT2D eigenvalue weighted by Crippen LogP contribution is 2.27. The lowest BCUT2D eigenvalue weighted by Gasteiger charge is -2.44. The van der Waals surface area contributed by atoms with Gasteiger partial charge < -0.3 is 4.74 Å². The van der Waals surface area contributed by atoms with Gasteiger partial charge in [-0.2, -0.15) is 0 Å². The normalized spacial score (nSPS) is 27.5. The Balaban J connectivity index is 1.70. The number of rotatable bonds is 2. The van der Waals surface area contributed by atoms with Crippen molar-refractivity contribution < 1.29 is 4.74 Å². The summed E-state index contributed by atoms with van der Waals surface area (Å²) < 4.78 is 5.49. The largest absolute Gasteiger partial charge is 0.381 e. The smallest absolute Gasteiger partial charge is 0.0480 e. The number of hydrogen-bond donors (Lipinski definition) is 0. The lowest BCUT2D eigenvalue weighted by Crippen LogP contribution is -2.51. The molecule has 0 saturated carbocycles. The van der Waals surface area contributed by atoms with E-state index in [0.717, 1.165) is 32.3 Å². The van der Waals surface area contributed by atoms with Crippen LogP contribution in [0.2, 0.25) is 0 Å². The molecular formula is C16H24N2O. The number of likely N-dealkylation sites (N-methyl/N-ethyl adjacent to an activating group) is 1. The summed E-state index contributed by atoms with van der Waals surface area (Å²) in [5.41, 5.74) is 1.45. The summed E-state index contributed by atoms with van der Waals surface area (Å²) in [5, 5.41) is 0. The van der Waals surface area contributed by atoms with E-state index >= 15 is 0 Å². The van der Waals surface area contributed by atoms with E-state index in [4.69, 9.17) is 4.74 Å². The first-order valence-electron chi connectivity index (χ1n) is 7.41. The van der Waals surface area contributed by atoms with Gasteiger partial charge in [-0.25, -0.2) is 0 Å². The number of ether oxygens (including phenoxy) is 1. The van der Waals surface area contributed by atoms with E-state index in [2.05, 4.69) is 47.2 Å². The Hall–Kier alpha value is -0.900. The molecule has 2 fully saturated rings. The Labute approximate surface area is 116 Å². The van der Waals surface area contributed by atoms with Gasteiger partial charge in [-0.3, -0.25) is 9.80 Å². The molecular weight excluding hydrogens is 236 g/mol. The molecule has 0 amide bonds. The van der Waals surface area contributed by atoms with Crippen LogP contribution in [0, 0.1) is 0 Å². The Morgan fingerprint density at radius 2 is 1.79 bits per heavy atom. The fourth-order valence-corrected chi connectivity index (χ4v) is 3.31. The van der Waals surface area contributed by atoms with Gasteiger partial charge in [0.2, 0.25) is 0 Å². The highest BCUT2D eigenvalue weighted by molar-refractivity contribution is 5.20. The molecule has 2 heterocycles. The van der Waals surface area contributed by atoms with Crippen molar-refractivity contribution in [3.05, 3.63) is 35.9 Å². The van der Waals surface area contributed by atoms with Crippen LogP contribution in [-0.4, -0.2) is 55.7 Å². The molecule has 1 aromatic carbocycles. The molecule has 0 bridgehead atoms. The van der Waals surface area contributed by atoms with Crippen LogP contribution in [0.4, 0.5) is 0 Å². The zero-order chi connectivity index (χ0) is 13.1. The molecule has 3 rings (SSSR count). The molecule has 0 unspecified atom stereocenters. The van der Waals surface area contributed by atoms with E-state index < -0.39 is 0 Å². The Bertz CT molecular complexity index is 389. The van der Waals surface area contributed by atoms with Crippen LogP contribution < -0.4 is 0 Å². The second-order valence-corrected chi connectivity index (χ2v) is 5.75. The summed E-state index contributed by atoms with van der Waals surface area (Å²) in [6, 6.07) is 12.2. The minimum absolute atomic E-state index is 0.540. The van der Waals surface area contributed by atoms with Crippen molar-refractivity contribution in [2.45, 2.75) is 24.9 Å². The predicted octanol–water partition coefficient (Wildman–Crippen LogP) is 2.15. The minimum atomic E-state index is 0.540. The van der Waals surface area contributed by atoms with Crippen molar-refractivity contribution in [3.8, 4) is 0 Å². The zero-order valence-corrected chi connectivity index (χ0v) is 11.8. The van der Waals surface area contributed by atoms with E-state index in [1.54, 1.807) is 0 Å². The highest BCUT2D eigenvalue weighted by atomic mass is 16.5. The van der Waals surface area contributed by atoms with Crippen LogP contribution in [0.15, 0.2) is 30.3 Å². The number of benzene rings is 1. The second-order valence-electron chi connectivity index (χ2n) is 5.75. The van der Waals surface area contributed by atoms with Crippen LogP contribution in [0.5, 0.6) is 0 Å². The number of hydrogen-bond acceptors (Lipinski definition) is 3. The summed E-state index contributed by atoms with van der Waals surface area (Å²) in [5.74, 6) is 0. The van der Waals surface area contributed by atoms with E-state index in [1.165, 1.54) is 24.9 Å². The summed E-state index contributed by atoms with van der Waals surface area (Å²) in [6.07, 6.45) is 2.40. The van der Waals surface area contributed by atoms with Gasteiger partial charge in [0, 0.05) is 44.9 Å². The molecule has 0 aromatic heterocycles. The first-order valence-corrected chi connectivity index (χ1v) is 7.41. The van der Waals surface area contributed by atoms with Crippen molar-refractivity contribution in [1.29, 1.82) is 0 Å². The maximum Gasteiger partial charge on any atom is 0.0480 e. The molecule has 19 heavy (non-hydrogen) atoms. The number of nitrogens with zero attached hydrogens (tertiary/aromatic N) is 2. The molecule has 2 aliphatic heterocycles. The second kappa shape index (κ2) is 6.04. The lowest BCUT2D eigenvalue weighted by molar-refractivity contribution is 0.001000. The summed E-state index contributed by atoms with van der Waals surface area (Å²) >= 11 is 0. The van der Waals surface area contributed by atoms with Gasteiger partial charge in [-0.05, 0) is 25.5 Å². The summed E-state index contributed by atoms with van der Waals surface area (Å²) in [7, 11) is 2.25. The summed E-state index contributed by atoms with van der Waals surface area (Å²) in [6.45, 7) is 5.40. The molecule has 0 spiro atoms.